The fourth-order valence-electron chi connectivity index (χ4n) is 1.62. The number of nitriles is 1. The zero-order chi connectivity index (χ0) is 13.7. The number of ether oxygens (including phenoxy) is 1. The Morgan fingerprint density at radius 1 is 1.37 bits per heavy atom. The SMILES string of the molecule is COc1ccc(O)c(C=C(C#N)c2ccccn2)c1. The van der Waals surface area contributed by atoms with E-state index in [1.54, 1.807) is 49.7 Å². The highest BCUT2D eigenvalue weighted by Gasteiger charge is 2.05. The van der Waals surface area contributed by atoms with E-state index in [9.17, 15) is 10.4 Å². The Hall–Kier alpha value is -2.80. The van der Waals surface area contributed by atoms with E-state index in [1.165, 1.54) is 6.07 Å². The summed E-state index contributed by atoms with van der Waals surface area (Å²) in [7, 11) is 1.55. The molecule has 0 saturated heterocycles. The number of hydrogen-bond donors (Lipinski definition) is 1. The van der Waals surface area contributed by atoms with Crippen LogP contribution in [0.25, 0.3) is 11.6 Å². The second-order valence-electron chi connectivity index (χ2n) is 3.81. The summed E-state index contributed by atoms with van der Waals surface area (Å²) in [6.45, 7) is 0. The third kappa shape index (κ3) is 2.90. The molecule has 0 fully saturated rings. The zero-order valence-electron chi connectivity index (χ0n) is 10.4. The molecule has 0 amide bonds. The molecule has 0 aliphatic rings. The van der Waals surface area contributed by atoms with Crippen molar-refractivity contribution in [2.45, 2.75) is 0 Å². The average Bonchev–Trinajstić information content (AvgIpc) is 2.47. The van der Waals surface area contributed by atoms with Crippen molar-refractivity contribution in [3.8, 4) is 17.6 Å². The Labute approximate surface area is 111 Å². The zero-order valence-corrected chi connectivity index (χ0v) is 10.4. The molecule has 1 N–H and O–H groups in total. The molecule has 0 saturated carbocycles. The molecule has 2 aromatic rings. The van der Waals surface area contributed by atoms with Gasteiger partial charge in [-0.05, 0) is 36.4 Å². The van der Waals surface area contributed by atoms with Gasteiger partial charge in [-0.1, -0.05) is 6.07 Å². The minimum absolute atomic E-state index is 0.0875. The molecule has 0 atom stereocenters. The van der Waals surface area contributed by atoms with Gasteiger partial charge in [0.15, 0.2) is 0 Å². The van der Waals surface area contributed by atoms with Gasteiger partial charge in [0.1, 0.15) is 17.6 Å². The molecule has 0 bridgehead atoms. The van der Waals surface area contributed by atoms with Crippen LogP contribution in [0.2, 0.25) is 0 Å². The minimum atomic E-state index is 0.0875. The molecule has 0 radical (unpaired) electrons. The van der Waals surface area contributed by atoms with Gasteiger partial charge in [0.05, 0.1) is 18.4 Å². The van der Waals surface area contributed by atoms with Crippen molar-refractivity contribution in [1.29, 1.82) is 5.26 Å². The first-order chi connectivity index (χ1) is 9.24. The number of methoxy groups -OCH3 is 1. The lowest BCUT2D eigenvalue weighted by Crippen LogP contribution is -1.87. The fraction of sp³-hybridized carbons (Fsp3) is 0.0667. The molecule has 1 aromatic carbocycles. The number of rotatable bonds is 3. The number of aromatic hydroxyl groups is 1. The molecule has 0 aliphatic carbocycles. The van der Waals surface area contributed by atoms with E-state index >= 15 is 0 Å². The van der Waals surface area contributed by atoms with E-state index in [4.69, 9.17) is 4.74 Å². The van der Waals surface area contributed by atoms with Gasteiger partial charge in [-0.25, -0.2) is 0 Å². The van der Waals surface area contributed by atoms with Crippen LogP contribution in [0.5, 0.6) is 11.5 Å². The normalized spacial score (nSPS) is 10.8. The highest BCUT2D eigenvalue weighted by molar-refractivity contribution is 5.89. The van der Waals surface area contributed by atoms with E-state index in [2.05, 4.69) is 11.1 Å². The summed E-state index contributed by atoms with van der Waals surface area (Å²) in [5.41, 5.74) is 1.46. The van der Waals surface area contributed by atoms with Crippen molar-refractivity contribution >= 4 is 11.6 Å². The highest BCUT2D eigenvalue weighted by atomic mass is 16.5. The lowest BCUT2D eigenvalue weighted by atomic mass is 10.1. The molecular formula is C15H12N2O2. The second kappa shape index (κ2) is 5.69. The molecule has 0 aliphatic heterocycles. The van der Waals surface area contributed by atoms with Crippen molar-refractivity contribution in [2.24, 2.45) is 0 Å². The Morgan fingerprint density at radius 2 is 2.21 bits per heavy atom. The van der Waals surface area contributed by atoms with Gasteiger partial charge in [0.2, 0.25) is 0 Å². The Morgan fingerprint density at radius 3 is 2.84 bits per heavy atom. The van der Waals surface area contributed by atoms with Gasteiger partial charge in [0, 0.05) is 11.8 Å². The average molecular weight is 252 g/mol. The number of benzene rings is 1. The van der Waals surface area contributed by atoms with E-state index < -0.39 is 0 Å². The van der Waals surface area contributed by atoms with Gasteiger partial charge in [-0.15, -0.1) is 0 Å². The van der Waals surface area contributed by atoms with Gasteiger partial charge in [0.25, 0.3) is 0 Å². The minimum Gasteiger partial charge on any atom is -0.507 e. The van der Waals surface area contributed by atoms with Crippen LogP contribution >= 0.6 is 0 Å². The first kappa shape index (κ1) is 12.7. The third-order valence-corrected chi connectivity index (χ3v) is 2.60. The fourth-order valence-corrected chi connectivity index (χ4v) is 1.62. The van der Waals surface area contributed by atoms with Gasteiger partial charge >= 0.3 is 0 Å². The van der Waals surface area contributed by atoms with Crippen LogP contribution in [0.1, 0.15) is 11.3 Å². The predicted molar refractivity (Wildman–Crippen MR) is 72.4 cm³/mol. The van der Waals surface area contributed by atoms with E-state index in [0.29, 0.717) is 22.6 Å². The Bertz CT molecular complexity index is 643. The second-order valence-corrected chi connectivity index (χ2v) is 3.81. The quantitative estimate of drug-likeness (QED) is 0.853. The smallest absolute Gasteiger partial charge is 0.123 e. The number of hydrogen-bond acceptors (Lipinski definition) is 4. The summed E-state index contributed by atoms with van der Waals surface area (Å²) >= 11 is 0. The van der Waals surface area contributed by atoms with E-state index in [1.807, 2.05) is 0 Å². The number of aromatic nitrogens is 1. The molecule has 1 aromatic heterocycles. The maximum atomic E-state index is 9.79. The summed E-state index contributed by atoms with van der Waals surface area (Å²) in [6.07, 6.45) is 3.20. The van der Waals surface area contributed by atoms with Crippen molar-refractivity contribution in [2.75, 3.05) is 7.11 Å². The highest BCUT2D eigenvalue weighted by Crippen LogP contribution is 2.26. The monoisotopic (exact) mass is 252 g/mol. The molecule has 4 nitrogen and oxygen atoms in total. The topological polar surface area (TPSA) is 66.1 Å². The molecule has 2 rings (SSSR count). The van der Waals surface area contributed by atoms with Crippen LogP contribution in [-0.4, -0.2) is 17.2 Å². The summed E-state index contributed by atoms with van der Waals surface area (Å²) in [4.78, 5) is 4.11. The van der Waals surface area contributed by atoms with E-state index in [0.717, 1.165) is 0 Å². The largest absolute Gasteiger partial charge is 0.507 e. The van der Waals surface area contributed by atoms with Gasteiger partial charge in [-0.2, -0.15) is 5.26 Å². The van der Waals surface area contributed by atoms with Crippen molar-refractivity contribution in [3.63, 3.8) is 0 Å². The Balaban J connectivity index is 2.47. The first-order valence-corrected chi connectivity index (χ1v) is 5.65. The molecule has 0 unspecified atom stereocenters. The van der Waals surface area contributed by atoms with Crippen LogP contribution in [0.3, 0.4) is 0 Å². The summed E-state index contributed by atoms with van der Waals surface area (Å²) < 4.78 is 5.09. The molecule has 1 heterocycles. The van der Waals surface area contributed by atoms with Crippen LogP contribution in [0, 0.1) is 11.3 Å². The molecule has 19 heavy (non-hydrogen) atoms. The third-order valence-electron chi connectivity index (χ3n) is 2.60. The van der Waals surface area contributed by atoms with Crippen LogP contribution in [-0.2, 0) is 0 Å². The van der Waals surface area contributed by atoms with Crippen LogP contribution < -0.4 is 4.74 Å². The Kier molecular flexibility index (Phi) is 3.79. The number of phenols is 1. The maximum Gasteiger partial charge on any atom is 0.123 e. The van der Waals surface area contributed by atoms with Crippen molar-refractivity contribution < 1.29 is 9.84 Å². The maximum absolute atomic E-state index is 9.79. The lowest BCUT2D eigenvalue weighted by molar-refractivity contribution is 0.412. The molecule has 0 spiro atoms. The lowest BCUT2D eigenvalue weighted by Gasteiger charge is -2.04. The van der Waals surface area contributed by atoms with E-state index in [-0.39, 0.29) is 5.75 Å². The summed E-state index contributed by atoms with van der Waals surface area (Å²) in [5.74, 6) is 0.701. The van der Waals surface area contributed by atoms with Crippen LogP contribution in [0.4, 0.5) is 0 Å². The summed E-state index contributed by atoms with van der Waals surface area (Å²) in [6, 6.07) is 12.2. The number of phenolic OH excluding ortho intramolecular Hbond substituents is 1. The first-order valence-electron chi connectivity index (χ1n) is 5.65. The number of allylic oxidation sites excluding steroid dienone is 1. The molecule has 94 valence electrons. The number of pyridine rings is 1. The molecule has 4 heteroatoms. The molecular weight excluding hydrogens is 240 g/mol. The van der Waals surface area contributed by atoms with Gasteiger partial charge in [-0.3, -0.25) is 4.98 Å². The van der Waals surface area contributed by atoms with Crippen molar-refractivity contribution in [1.82, 2.24) is 4.98 Å². The number of nitrogens with zero attached hydrogens (tertiary/aromatic N) is 2. The van der Waals surface area contributed by atoms with Crippen molar-refractivity contribution in [3.05, 3.63) is 53.9 Å². The summed E-state index contributed by atoms with van der Waals surface area (Å²) in [5, 5.41) is 19.0. The predicted octanol–water partition coefficient (Wildman–Crippen LogP) is 2.86. The van der Waals surface area contributed by atoms with Crippen LogP contribution in [0.15, 0.2) is 42.6 Å². The van der Waals surface area contributed by atoms with Gasteiger partial charge < -0.3 is 9.84 Å². The standard InChI is InChI=1S/C15H12N2O2/c1-19-13-5-6-15(18)11(9-13)8-12(10-16)14-4-2-3-7-17-14/h2-9,18H,1H3.